The second kappa shape index (κ2) is 4.48. The number of hydrogen-bond donors (Lipinski definition) is 3. The molecule has 0 heterocycles. The Hall–Kier alpha value is -1.75. The van der Waals surface area contributed by atoms with E-state index in [2.05, 4.69) is 5.11 Å². The Morgan fingerprint density at radius 1 is 1.50 bits per heavy atom. The van der Waals surface area contributed by atoms with Crippen molar-refractivity contribution in [3.63, 3.8) is 0 Å². The average molecular weight is 193 g/mol. The number of aromatic hydroxyl groups is 1. The maximum atomic E-state index is 10.9. The normalized spacial score (nSPS) is 12.1. The van der Waals surface area contributed by atoms with Crippen molar-refractivity contribution in [2.45, 2.75) is 12.5 Å². The van der Waals surface area contributed by atoms with Gasteiger partial charge in [0.05, 0.1) is 6.04 Å². The number of phenolic OH excluding ortho intramolecular Hbond substituents is 1. The molecule has 0 aliphatic heterocycles. The van der Waals surface area contributed by atoms with Crippen LogP contribution in [0.3, 0.4) is 0 Å². The van der Waals surface area contributed by atoms with Crippen LogP contribution in [-0.4, -0.2) is 17.1 Å². The summed E-state index contributed by atoms with van der Waals surface area (Å²) in [6.45, 7) is 0. The van der Waals surface area contributed by atoms with Crippen LogP contribution >= 0.6 is 0 Å². The molecule has 0 bridgehead atoms. The minimum absolute atomic E-state index is 0.166. The number of carbonyl (C=O) groups is 1. The Morgan fingerprint density at radius 3 is 2.57 bits per heavy atom. The van der Waals surface area contributed by atoms with E-state index < -0.39 is 11.9 Å². The van der Waals surface area contributed by atoms with E-state index in [1.807, 2.05) is 0 Å². The zero-order valence-electron chi connectivity index (χ0n) is 7.47. The van der Waals surface area contributed by atoms with E-state index in [-0.39, 0.29) is 5.75 Å². The Balaban J connectivity index is 2.64. The van der Waals surface area contributed by atoms with Gasteiger partial charge >= 0.3 is 0 Å². The van der Waals surface area contributed by atoms with Gasteiger partial charge in [-0.05, 0) is 24.1 Å². The molecule has 0 spiro atoms. The summed E-state index contributed by atoms with van der Waals surface area (Å²) in [5.74, 6) is -0.475. The largest absolute Gasteiger partial charge is 0.508 e. The Morgan fingerprint density at radius 2 is 2.07 bits per heavy atom. The molecule has 0 aliphatic carbocycles. The van der Waals surface area contributed by atoms with Crippen molar-refractivity contribution in [3.8, 4) is 5.75 Å². The molecular weight excluding hydrogens is 182 g/mol. The maximum Gasteiger partial charge on any atom is 0.280 e. The van der Waals surface area contributed by atoms with Crippen LogP contribution in [0.15, 0.2) is 29.4 Å². The van der Waals surface area contributed by atoms with E-state index in [4.69, 9.17) is 16.4 Å². The summed E-state index contributed by atoms with van der Waals surface area (Å²) in [7, 11) is 0. The van der Waals surface area contributed by atoms with Gasteiger partial charge in [0, 0.05) is 0 Å². The van der Waals surface area contributed by atoms with E-state index in [1.54, 1.807) is 12.1 Å². The lowest BCUT2D eigenvalue weighted by Crippen LogP contribution is -2.31. The molecule has 1 amide bonds. The summed E-state index contributed by atoms with van der Waals surface area (Å²) in [4.78, 5) is 10.9. The minimum Gasteiger partial charge on any atom is -0.508 e. The molecule has 5 heteroatoms. The second-order valence-corrected chi connectivity index (χ2v) is 2.93. The van der Waals surface area contributed by atoms with Gasteiger partial charge in [0.2, 0.25) is 0 Å². The number of nitrogens with two attached hydrogens (primary N) is 1. The molecule has 0 radical (unpaired) electrons. The molecule has 1 aromatic rings. The molecule has 0 saturated carbocycles. The van der Waals surface area contributed by atoms with Gasteiger partial charge in [-0.2, -0.15) is 0 Å². The fourth-order valence-corrected chi connectivity index (χ4v) is 1.06. The summed E-state index contributed by atoms with van der Waals surface area (Å²) >= 11 is 0. The van der Waals surface area contributed by atoms with Crippen molar-refractivity contribution in [1.29, 1.82) is 5.53 Å². The first kappa shape index (κ1) is 10.3. The third-order valence-electron chi connectivity index (χ3n) is 1.82. The molecule has 14 heavy (non-hydrogen) atoms. The highest BCUT2D eigenvalue weighted by Gasteiger charge is 2.12. The van der Waals surface area contributed by atoms with Gasteiger partial charge in [0.1, 0.15) is 5.75 Å². The van der Waals surface area contributed by atoms with Crippen LogP contribution in [0.1, 0.15) is 5.56 Å². The lowest BCUT2D eigenvalue weighted by atomic mass is 10.1. The summed E-state index contributed by atoms with van der Waals surface area (Å²) in [5.41, 5.74) is 12.8. The number of amides is 1. The number of phenols is 1. The molecular formula is C9H11N3O2. The molecule has 1 rings (SSSR count). The summed E-state index contributed by atoms with van der Waals surface area (Å²) in [5, 5.41) is 11.7. The van der Waals surface area contributed by atoms with Gasteiger partial charge in [-0.3, -0.25) is 4.79 Å². The molecule has 4 N–H and O–H groups in total. The van der Waals surface area contributed by atoms with Crippen LogP contribution in [0.4, 0.5) is 0 Å². The van der Waals surface area contributed by atoms with Crippen molar-refractivity contribution in [2.24, 2.45) is 10.8 Å². The van der Waals surface area contributed by atoms with Gasteiger partial charge in [0.25, 0.3) is 5.91 Å². The summed E-state index contributed by atoms with van der Waals surface area (Å²) < 4.78 is 0. The number of carbonyl (C=O) groups excluding carboxylic acids is 1. The lowest BCUT2D eigenvalue weighted by molar-refractivity contribution is -0.119. The molecule has 1 aromatic carbocycles. The summed E-state index contributed by atoms with van der Waals surface area (Å²) in [6, 6.07) is 5.60. The molecule has 0 aromatic heterocycles. The highest BCUT2D eigenvalue weighted by molar-refractivity contribution is 5.81. The first-order valence-corrected chi connectivity index (χ1v) is 4.08. The van der Waals surface area contributed by atoms with Crippen molar-refractivity contribution in [1.82, 2.24) is 0 Å². The highest BCUT2D eigenvalue weighted by atomic mass is 16.3. The van der Waals surface area contributed by atoms with Crippen LogP contribution in [0, 0.1) is 5.53 Å². The van der Waals surface area contributed by atoms with Gasteiger partial charge in [-0.15, -0.1) is 5.11 Å². The van der Waals surface area contributed by atoms with E-state index in [1.165, 1.54) is 12.1 Å². The van der Waals surface area contributed by atoms with Crippen LogP contribution in [0.5, 0.6) is 5.75 Å². The van der Waals surface area contributed by atoms with Gasteiger partial charge < -0.3 is 10.8 Å². The standard InChI is InChI=1S/C9H11N3O2/c10-8(9(14)12-11)5-6-1-3-7(13)4-2-6/h1-4,8,11,13H,5,10H2/t8-/m0/s1. The van der Waals surface area contributed by atoms with E-state index in [0.29, 0.717) is 6.42 Å². The SMILES string of the molecule is N=NC(=O)[C@@H](N)Cc1ccc(O)cc1. The number of rotatable bonds is 3. The van der Waals surface area contributed by atoms with Crippen molar-refractivity contribution in [2.75, 3.05) is 0 Å². The number of nitrogens with one attached hydrogen (secondary N) is 1. The first-order valence-electron chi connectivity index (χ1n) is 4.08. The maximum absolute atomic E-state index is 10.9. The third-order valence-corrected chi connectivity index (χ3v) is 1.82. The van der Waals surface area contributed by atoms with Crippen LogP contribution in [0.2, 0.25) is 0 Å². The predicted molar refractivity (Wildman–Crippen MR) is 49.9 cm³/mol. The smallest absolute Gasteiger partial charge is 0.280 e. The second-order valence-electron chi connectivity index (χ2n) is 2.93. The number of hydrogen-bond acceptors (Lipinski definition) is 4. The topological polar surface area (TPSA) is 99.5 Å². The van der Waals surface area contributed by atoms with Gasteiger partial charge in [-0.1, -0.05) is 12.1 Å². The Bertz CT molecular complexity index is 334. The third kappa shape index (κ3) is 2.63. The molecule has 0 aliphatic rings. The Kier molecular flexibility index (Phi) is 3.30. The fourth-order valence-electron chi connectivity index (χ4n) is 1.06. The fraction of sp³-hybridized carbons (Fsp3) is 0.222. The van der Waals surface area contributed by atoms with Gasteiger partial charge in [0.15, 0.2) is 0 Å². The lowest BCUT2D eigenvalue weighted by Gasteiger charge is -2.06. The van der Waals surface area contributed by atoms with E-state index >= 15 is 0 Å². The van der Waals surface area contributed by atoms with Crippen LogP contribution < -0.4 is 5.73 Å². The molecule has 0 unspecified atom stereocenters. The first-order chi connectivity index (χ1) is 6.63. The molecule has 0 saturated heterocycles. The zero-order valence-corrected chi connectivity index (χ0v) is 7.47. The quantitative estimate of drug-likeness (QED) is 0.619. The number of benzene rings is 1. The predicted octanol–water partition coefficient (Wildman–Crippen LogP) is 0.820. The van der Waals surface area contributed by atoms with Crippen LogP contribution in [-0.2, 0) is 11.2 Å². The van der Waals surface area contributed by atoms with E-state index in [0.717, 1.165) is 5.56 Å². The van der Waals surface area contributed by atoms with Gasteiger partial charge in [-0.25, -0.2) is 5.53 Å². The van der Waals surface area contributed by atoms with E-state index in [9.17, 15) is 4.79 Å². The Labute approximate surface area is 81.1 Å². The van der Waals surface area contributed by atoms with Crippen molar-refractivity contribution < 1.29 is 9.90 Å². The number of nitrogens with zero attached hydrogens (tertiary/aromatic N) is 1. The zero-order chi connectivity index (χ0) is 10.6. The molecule has 1 atom stereocenters. The molecule has 0 fully saturated rings. The average Bonchev–Trinajstić information content (AvgIpc) is 2.20. The monoisotopic (exact) mass is 193 g/mol. The highest BCUT2D eigenvalue weighted by Crippen LogP contribution is 2.10. The van der Waals surface area contributed by atoms with Crippen molar-refractivity contribution >= 4 is 5.91 Å². The molecule has 74 valence electrons. The van der Waals surface area contributed by atoms with Crippen molar-refractivity contribution in [3.05, 3.63) is 29.8 Å². The minimum atomic E-state index is -0.781. The molecule has 5 nitrogen and oxygen atoms in total. The van der Waals surface area contributed by atoms with Crippen LogP contribution in [0.25, 0.3) is 0 Å². The summed E-state index contributed by atoms with van der Waals surface area (Å²) in [6.07, 6.45) is 0.321.